The summed E-state index contributed by atoms with van der Waals surface area (Å²) < 4.78 is 13.2. The van der Waals surface area contributed by atoms with E-state index in [4.69, 9.17) is 0 Å². The quantitative estimate of drug-likeness (QED) is 0.758. The molecule has 2 aliphatic carbocycles. The van der Waals surface area contributed by atoms with Crippen molar-refractivity contribution in [3.05, 3.63) is 59.4 Å². The highest BCUT2D eigenvalue weighted by molar-refractivity contribution is 6.00. The second kappa shape index (κ2) is 7.89. The zero-order valence-electron chi connectivity index (χ0n) is 15.9. The number of hydrogen-bond donors (Lipinski definition) is 1. The van der Waals surface area contributed by atoms with E-state index in [1.165, 1.54) is 12.1 Å². The number of amides is 1. The Morgan fingerprint density at radius 3 is 2.39 bits per heavy atom. The van der Waals surface area contributed by atoms with Crippen LogP contribution in [-0.4, -0.2) is 40.3 Å². The number of aliphatic hydroxyl groups excluding tert-OH is 1. The maximum Gasteiger partial charge on any atom is 0.254 e. The summed E-state index contributed by atoms with van der Waals surface area (Å²) in [6.45, 7) is 0.117. The number of carbonyl (C=O) groups excluding carboxylic acids is 1. The summed E-state index contributed by atoms with van der Waals surface area (Å²) in [4.78, 5) is 19.7. The van der Waals surface area contributed by atoms with Crippen molar-refractivity contribution in [2.75, 3.05) is 6.61 Å². The molecule has 1 N–H and O–H groups in total. The maximum absolute atomic E-state index is 13.2. The Kier molecular flexibility index (Phi) is 5.32. The molecule has 2 fully saturated rings. The standard InChI is InChI=1S/C23H25FN2O2/c24-18-6-4-17(5-7-18)22(28)26(19-8-9-19)20-10-12-23(13-11-20,14-16-27)21-3-1-2-15-25-21/h3-7,15,19-20,27H,8-14,16H2. The molecule has 0 unspecified atom stereocenters. The van der Waals surface area contributed by atoms with E-state index in [0.29, 0.717) is 18.0 Å². The van der Waals surface area contributed by atoms with Crippen LogP contribution in [0.25, 0.3) is 0 Å². The summed E-state index contributed by atoms with van der Waals surface area (Å²) in [7, 11) is 0. The van der Waals surface area contributed by atoms with Gasteiger partial charge in [-0.25, -0.2) is 4.39 Å². The number of carbonyl (C=O) groups is 1. The van der Waals surface area contributed by atoms with Crippen molar-refractivity contribution in [2.24, 2.45) is 10.4 Å². The van der Waals surface area contributed by atoms with E-state index in [1.54, 1.807) is 18.3 Å². The monoisotopic (exact) mass is 380 g/mol. The van der Waals surface area contributed by atoms with E-state index in [2.05, 4.69) is 16.5 Å². The number of allylic oxidation sites excluding steroid dienone is 1. The van der Waals surface area contributed by atoms with Gasteiger partial charge in [-0.3, -0.25) is 9.79 Å². The van der Waals surface area contributed by atoms with Crippen molar-refractivity contribution in [1.29, 1.82) is 0 Å². The van der Waals surface area contributed by atoms with Gasteiger partial charge in [0.1, 0.15) is 5.82 Å². The third kappa shape index (κ3) is 3.74. The number of nitrogens with zero attached hydrogens (tertiary/aromatic N) is 2. The molecule has 5 heteroatoms. The average Bonchev–Trinajstić information content (AvgIpc) is 3.56. The second-order valence-corrected chi connectivity index (χ2v) is 8.01. The summed E-state index contributed by atoms with van der Waals surface area (Å²) in [5.74, 6) is -0.326. The number of halogens is 1. The minimum Gasteiger partial charge on any atom is -0.396 e. The predicted octanol–water partition coefficient (Wildman–Crippen LogP) is 4.02. The Balaban J connectivity index is 1.51. The average molecular weight is 380 g/mol. The molecule has 1 heterocycles. The second-order valence-electron chi connectivity index (χ2n) is 8.01. The van der Waals surface area contributed by atoms with Gasteiger partial charge in [0.05, 0.1) is 11.9 Å². The number of benzene rings is 1. The molecule has 28 heavy (non-hydrogen) atoms. The van der Waals surface area contributed by atoms with Crippen LogP contribution in [-0.2, 0) is 0 Å². The molecule has 1 aromatic carbocycles. The summed E-state index contributed by atoms with van der Waals surface area (Å²) in [5, 5.41) is 9.64. The Labute approximate surface area is 164 Å². The summed E-state index contributed by atoms with van der Waals surface area (Å²) in [6, 6.07) is 6.32. The Bertz CT molecular complexity index is 864. The third-order valence-corrected chi connectivity index (χ3v) is 6.27. The molecule has 4 rings (SSSR count). The minimum absolute atomic E-state index is 0.00271. The normalized spacial score (nSPS) is 26.2. The minimum atomic E-state index is -0.328. The van der Waals surface area contributed by atoms with Gasteiger partial charge in [-0.2, -0.15) is 0 Å². The van der Waals surface area contributed by atoms with Crippen molar-refractivity contribution in [3.8, 4) is 0 Å². The largest absolute Gasteiger partial charge is 0.396 e. The van der Waals surface area contributed by atoms with Gasteiger partial charge in [0.15, 0.2) is 0 Å². The van der Waals surface area contributed by atoms with Gasteiger partial charge < -0.3 is 10.0 Å². The van der Waals surface area contributed by atoms with Crippen LogP contribution in [0.2, 0.25) is 0 Å². The van der Waals surface area contributed by atoms with Gasteiger partial charge in [0.25, 0.3) is 5.91 Å². The first kappa shape index (κ1) is 18.9. The van der Waals surface area contributed by atoms with Crippen molar-refractivity contribution < 1.29 is 14.3 Å². The topological polar surface area (TPSA) is 52.9 Å². The van der Waals surface area contributed by atoms with E-state index in [-0.39, 0.29) is 29.8 Å². The summed E-state index contributed by atoms with van der Waals surface area (Å²) in [6.07, 6.45) is 9.76. The molecule has 1 amide bonds. The van der Waals surface area contributed by atoms with E-state index in [1.807, 2.05) is 11.0 Å². The fraction of sp³-hybridized carbons (Fsp3) is 0.478. The van der Waals surface area contributed by atoms with Crippen molar-refractivity contribution >= 4 is 11.6 Å². The Hall–Kier alpha value is -2.45. The molecule has 0 spiro atoms. The SMILES string of the molecule is O=C(c1ccc(F)cc1)N(C1CC1)C1CCC(CCO)(C2=NC=C=C=C2)CC1. The van der Waals surface area contributed by atoms with E-state index in [0.717, 1.165) is 44.2 Å². The van der Waals surface area contributed by atoms with Gasteiger partial charge >= 0.3 is 0 Å². The summed E-state index contributed by atoms with van der Waals surface area (Å²) >= 11 is 0. The fourth-order valence-corrected chi connectivity index (χ4v) is 4.58. The van der Waals surface area contributed by atoms with Crippen LogP contribution in [0, 0.1) is 11.2 Å². The first-order valence-electron chi connectivity index (χ1n) is 10.1. The molecule has 1 aromatic rings. The lowest BCUT2D eigenvalue weighted by Crippen LogP contribution is -2.47. The highest BCUT2D eigenvalue weighted by Crippen LogP contribution is 2.44. The first-order valence-corrected chi connectivity index (χ1v) is 10.1. The van der Waals surface area contributed by atoms with Crippen LogP contribution < -0.4 is 0 Å². The summed E-state index contributed by atoms with van der Waals surface area (Å²) in [5.41, 5.74) is 7.17. The fourth-order valence-electron chi connectivity index (χ4n) is 4.58. The van der Waals surface area contributed by atoms with Gasteiger partial charge in [-0.05, 0) is 69.2 Å². The molecule has 0 bridgehead atoms. The van der Waals surface area contributed by atoms with E-state index in [9.17, 15) is 14.3 Å². The highest BCUT2D eigenvalue weighted by Gasteiger charge is 2.44. The van der Waals surface area contributed by atoms with Crippen LogP contribution in [0.1, 0.15) is 55.3 Å². The molecule has 3 aliphatic rings. The molecular weight excluding hydrogens is 355 g/mol. The first-order chi connectivity index (χ1) is 13.6. The lowest BCUT2D eigenvalue weighted by Gasteiger charge is -2.44. The molecule has 0 aromatic heterocycles. The van der Waals surface area contributed by atoms with Crippen molar-refractivity contribution in [1.82, 2.24) is 4.90 Å². The number of hydrogen-bond acceptors (Lipinski definition) is 3. The van der Waals surface area contributed by atoms with Gasteiger partial charge in [0, 0.05) is 35.7 Å². The lowest BCUT2D eigenvalue weighted by molar-refractivity contribution is 0.0543. The van der Waals surface area contributed by atoms with Crippen LogP contribution in [0.5, 0.6) is 0 Å². The van der Waals surface area contributed by atoms with E-state index >= 15 is 0 Å². The molecule has 0 radical (unpaired) electrons. The van der Waals surface area contributed by atoms with Gasteiger partial charge in [-0.1, -0.05) is 11.5 Å². The molecule has 1 aliphatic heterocycles. The van der Waals surface area contributed by atoms with Crippen LogP contribution in [0.3, 0.4) is 0 Å². The van der Waals surface area contributed by atoms with E-state index < -0.39 is 0 Å². The van der Waals surface area contributed by atoms with Gasteiger partial charge in [-0.15, -0.1) is 0 Å². The smallest absolute Gasteiger partial charge is 0.254 e. The lowest BCUT2D eigenvalue weighted by atomic mass is 9.67. The molecule has 0 atom stereocenters. The highest BCUT2D eigenvalue weighted by atomic mass is 19.1. The Morgan fingerprint density at radius 1 is 1.14 bits per heavy atom. The molecule has 0 saturated heterocycles. The predicted molar refractivity (Wildman–Crippen MR) is 106 cm³/mol. The van der Waals surface area contributed by atoms with Crippen LogP contribution in [0.4, 0.5) is 4.39 Å². The third-order valence-electron chi connectivity index (χ3n) is 6.27. The van der Waals surface area contributed by atoms with Crippen molar-refractivity contribution in [2.45, 2.75) is 57.0 Å². The number of rotatable bonds is 6. The van der Waals surface area contributed by atoms with Gasteiger partial charge in [0.2, 0.25) is 0 Å². The van der Waals surface area contributed by atoms with Crippen molar-refractivity contribution in [3.63, 3.8) is 0 Å². The zero-order chi connectivity index (χ0) is 19.6. The molecule has 2 saturated carbocycles. The molecule has 146 valence electrons. The molecular formula is C23H25FN2O2. The maximum atomic E-state index is 13.2. The van der Waals surface area contributed by atoms with Crippen LogP contribution >= 0.6 is 0 Å². The molecule has 4 nitrogen and oxygen atoms in total. The number of aliphatic hydroxyl groups is 1. The Morgan fingerprint density at radius 2 is 1.82 bits per heavy atom. The zero-order valence-corrected chi connectivity index (χ0v) is 15.9. The number of aliphatic imine (C=N–C) groups is 1. The van der Waals surface area contributed by atoms with Crippen LogP contribution in [0.15, 0.2) is 53.0 Å².